The summed E-state index contributed by atoms with van der Waals surface area (Å²) in [5.41, 5.74) is 0.760. The molecule has 1 N–H and O–H groups in total. The molecule has 0 aromatic heterocycles. The predicted octanol–water partition coefficient (Wildman–Crippen LogP) is 1.94. The van der Waals surface area contributed by atoms with Crippen molar-refractivity contribution in [2.24, 2.45) is 0 Å². The Kier molecular flexibility index (Phi) is 4.12. The quantitative estimate of drug-likeness (QED) is 0.924. The van der Waals surface area contributed by atoms with Gasteiger partial charge in [0.2, 0.25) is 0 Å². The Balaban J connectivity index is 1.60. The summed E-state index contributed by atoms with van der Waals surface area (Å²) in [6.07, 6.45) is 2.28. The first kappa shape index (κ1) is 14.4. The fourth-order valence-electron chi connectivity index (χ4n) is 3.02. The zero-order valence-electron chi connectivity index (χ0n) is 12.0. The summed E-state index contributed by atoms with van der Waals surface area (Å²) in [6, 6.07) is 9.43. The van der Waals surface area contributed by atoms with E-state index in [2.05, 4.69) is 0 Å². The average Bonchev–Trinajstić information content (AvgIpc) is 2.51. The number of rotatable bonds is 3. The van der Waals surface area contributed by atoms with Crippen LogP contribution < -0.4 is 0 Å². The molecule has 2 atom stereocenters. The number of piperidine rings is 1. The second-order valence-corrected chi connectivity index (χ2v) is 5.82. The van der Waals surface area contributed by atoms with Gasteiger partial charge < -0.3 is 19.5 Å². The van der Waals surface area contributed by atoms with Crippen LogP contribution in [0.3, 0.4) is 0 Å². The Morgan fingerprint density at radius 2 is 2.14 bits per heavy atom. The van der Waals surface area contributed by atoms with Crippen LogP contribution in [0, 0.1) is 0 Å². The van der Waals surface area contributed by atoms with E-state index in [0.717, 1.165) is 31.4 Å². The highest BCUT2D eigenvalue weighted by molar-refractivity contribution is 5.68. The number of amides is 1. The lowest BCUT2D eigenvalue weighted by molar-refractivity contribution is -0.182. The molecule has 3 rings (SSSR count). The van der Waals surface area contributed by atoms with Gasteiger partial charge in [-0.15, -0.1) is 0 Å². The SMILES string of the molecule is O=C(OCc1ccccc1)N1C[C@]2(CCO2)CC[C@H]1CO. The molecular weight excluding hydrogens is 270 g/mol. The van der Waals surface area contributed by atoms with Gasteiger partial charge in [0, 0.05) is 6.42 Å². The number of ether oxygens (including phenoxy) is 2. The van der Waals surface area contributed by atoms with Gasteiger partial charge in [-0.1, -0.05) is 30.3 Å². The lowest BCUT2D eigenvalue weighted by Crippen LogP contribution is -2.61. The Morgan fingerprint density at radius 1 is 1.38 bits per heavy atom. The minimum Gasteiger partial charge on any atom is -0.445 e. The van der Waals surface area contributed by atoms with Gasteiger partial charge in [-0.05, 0) is 18.4 Å². The molecule has 0 radical (unpaired) electrons. The summed E-state index contributed by atoms with van der Waals surface area (Å²) in [5, 5.41) is 9.47. The van der Waals surface area contributed by atoms with E-state index in [0.29, 0.717) is 6.54 Å². The predicted molar refractivity (Wildman–Crippen MR) is 76.7 cm³/mol. The molecule has 0 aliphatic carbocycles. The van der Waals surface area contributed by atoms with Crippen LogP contribution >= 0.6 is 0 Å². The van der Waals surface area contributed by atoms with Gasteiger partial charge in [-0.2, -0.15) is 0 Å². The Bertz CT molecular complexity index is 486. The Morgan fingerprint density at radius 3 is 2.76 bits per heavy atom. The summed E-state index contributed by atoms with van der Waals surface area (Å²) in [7, 11) is 0. The fourth-order valence-corrected chi connectivity index (χ4v) is 3.02. The zero-order chi connectivity index (χ0) is 14.7. The third-order valence-electron chi connectivity index (χ3n) is 4.45. The number of hydrogen-bond donors (Lipinski definition) is 1. The van der Waals surface area contributed by atoms with Crippen LogP contribution in [0.1, 0.15) is 24.8 Å². The van der Waals surface area contributed by atoms with Crippen molar-refractivity contribution in [3.8, 4) is 0 Å². The van der Waals surface area contributed by atoms with Crippen molar-refractivity contribution in [3.05, 3.63) is 35.9 Å². The van der Waals surface area contributed by atoms with Crippen LogP contribution in [0.25, 0.3) is 0 Å². The maximum Gasteiger partial charge on any atom is 0.410 e. The Hall–Kier alpha value is -1.59. The molecule has 1 aromatic rings. The summed E-state index contributed by atoms with van der Waals surface area (Å²) in [5.74, 6) is 0. The summed E-state index contributed by atoms with van der Waals surface area (Å²) in [4.78, 5) is 13.9. The van der Waals surface area contributed by atoms with Gasteiger partial charge in [-0.3, -0.25) is 0 Å². The number of benzene rings is 1. The summed E-state index contributed by atoms with van der Waals surface area (Å²) >= 11 is 0. The smallest absolute Gasteiger partial charge is 0.410 e. The molecule has 5 nitrogen and oxygen atoms in total. The van der Waals surface area contributed by atoms with Crippen molar-refractivity contribution >= 4 is 6.09 Å². The molecule has 0 saturated carbocycles. The number of likely N-dealkylation sites (tertiary alicyclic amines) is 1. The standard InChI is InChI=1S/C16H21NO4/c18-10-14-6-7-16(8-9-21-16)12-17(14)15(19)20-11-13-4-2-1-3-5-13/h1-5,14,18H,6-12H2/t14-,16+/m0/s1. The molecular formula is C16H21NO4. The second-order valence-electron chi connectivity index (χ2n) is 5.82. The lowest BCUT2D eigenvalue weighted by atomic mass is 9.83. The normalized spacial score (nSPS) is 28.2. The van der Waals surface area contributed by atoms with Crippen LogP contribution in [-0.4, -0.2) is 47.5 Å². The topological polar surface area (TPSA) is 59.0 Å². The number of nitrogens with zero attached hydrogens (tertiary/aromatic N) is 1. The van der Waals surface area contributed by atoms with Crippen molar-refractivity contribution in [3.63, 3.8) is 0 Å². The molecule has 114 valence electrons. The van der Waals surface area contributed by atoms with Crippen LogP contribution in [0.5, 0.6) is 0 Å². The largest absolute Gasteiger partial charge is 0.445 e. The van der Waals surface area contributed by atoms with E-state index in [1.54, 1.807) is 4.90 Å². The molecule has 5 heteroatoms. The van der Waals surface area contributed by atoms with E-state index in [9.17, 15) is 9.90 Å². The molecule has 1 spiro atoms. The Labute approximate surface area is 124 Å². The summed E-state index contributed by atoms with van der Waals surface area (Å²) in [6.45, 7) is 1.50. The monoisotopic (exact) mass is 291 g/mol. The molecule has 1 aromatic carbocycles. The fraction of sp³-hybridized carbons (Fsp3) is 0.562. The van der Waals surface area contributed by atoms with Crippen molar-refractivity contribution in [1.29, 1.82) is 0 Å². The first-order chi connectivity index (χ1) is 10.2. The number of aliphatic hydroxyl groups is 1. The van der Waals surface area contributed by atoms with E-state index in [1.165, 1.54) is 0 Å². The molecule has 21 heavy (non-hydrogen) atoms. The molecule has 0 unspecified atom stereocenters. The van der Waals surface area contributed by atoms with Crippen LogP contribution in [0.4, 0.5) is 4.79 Å². The average molecular weight is 291 g/mol. The van der Waals surface area contributed by atoms with Crippen molar-refractivity contribution in [2.45, 2.75) is 37.5 Å². The lowest BCUT2D eigenvalue weighted by Gasteiger charge is -2.50. The molecule has 2 fully saturated rings. The second kappa shape index (κ2) is 6.03. The van der Waals surface area contributed by atoms with Gasteiger partial charge in [0.25, 0.3) is 0 Å². The minimum atomic E-state index is -0.368. The third kappa shape index (κ3) is 3.04. The molecule has 2 aliphatic rings. The molecule has 2 aliphatic heterocycles. The minimum absolute atomic E-state index is 0.0312. The van der Waals surface area contributed by atoms with Gasteiger partial charge in [0.15, 0.2) is 0 Å². The van der Waals surface area contributed by atoms with Gasteiger partial charge in [-0.25, -0.2) is 4.79 Å². The van der Waals surface area contributed by atoms with Gasteiger partial charge >= 0.3 is 6.09 Å². The molecule has 2 saturated heterocycles. The number of carbonyl (C=O) groups excluding carboxylic acids is 1. The molecule has 1 amide bonds. The number of hydrogen-bond acceptors (Lipinski definition) is 4. The highest BCUT2D eigenvalue weighted by Crippen LogP contribution is 2.37. The van der Waals surface area contributed by atoms with Gasteiger partial charge in [0.1, 0.15) is 6.61 Å². The van der Waals surface area contributed by atoms with Crippen molar-refractivity contribution in [2.75, 3.05) is 19.8 Å². The molecule has 2 heterocycles. The maximum absolute atomic E-state index is 12.3. The van der Waals surface area contributed by atoms with Crippen LogP contribution in [0.2, 0.25) is 0 Å². The number of aliphatic hydroxyl groups excluding tert-OH is 1. The van der Waals surface area contributed by atoms with E-state index < -0.39 is 0 Å². The van der Waals surface area contributed by atoms with E-state index in [4.69, 9.17) is 9.47 Å². The first-order valence-electron chi connectivity index (χ1n) is 7.45. The highest BCUT2D eigenvalue weighted by atomic mass is 16.6. The van der Waals surface area contributed by atoms with Gasteiger partial charge in [0.05, 0.1) is 31.4 Å². The van der Waals surface area contributed by atoms with Crippen molar-refractivity contribution in [1.82, 2.24) is 4.90 Å². The van der Waals surface area contributed by atoms with Crippen LogP contribution in [0.15, 0.2) is 30.3 Å². The first-order valence-corrected chi connectivity index (χ1v) is 7.45. The van der Waals surface area contributed by atoms with E-state index in [-0.39, 0.29) is 30.9 Å². The van der Waals surface area contributed by atoms with E-state index >= 15 is 0 Å². The van der Waals surface area contributed by atoms with Crippen molar-refractivity contribution < 1.29 is 19.4 Å². The zero-order valence-corrected chi connectivity index (χ0v) is 12.0. The van der Waals surface area contributed by atoms with Crippen LogP contribution in [-0.2, 0) is 16.1 Å². The maximum atomic E-state index is 12.3. The van der Waals surface area contributed by atoms with E-state index in [1.807, 2.05) is 30.3 Å². The third-order valence-corrected chi connectivity index (χ3v) is 4.45. The summed E-state index contributed by atoms with van der Waals surface area (Å²) < 4.78 is 11.0. The molecule has 0 bridgehead atoms. The number of carbonyl (C=O) groups is 1. The highest BCUT2D eigenvalue weighted by Gasteiger charge is 2.46.